The number of halogens is 3. The highest BCUT2D eigenvalue weighted by Gasteiger charge is 2.15. The Morgan fingerprint density at radius 1 is 1.21 bits per heavy atom. The summed E-state index contributed by atoms with van der Waals surface area (Å²) in [5, 5.41) is 0.174. The van der Waals surface area contributed by atoms with Gasteiger partial charge in [-0.15, -0.1) is 11.6 Å². The Morgan fingerprint density at radius 3 is 2.58 bits per heavy atom. The fraction of sp³-hybridized carbons (Fsp3) is 0.200. The van der Waals surface area contributed by atoms with E-state index >= 15 is 0 Å². The number of ether oxygens (including phenoxy) is 1. The molecule has 0 fully saturated rings. The molecule has 100 valence electrons. The molecule has 0 bridgehead atoms. The van der Waals surface area contributed by atoms with Crippen molar-refractivity contribution >= 4 is 23.2 Å². The van der Waals surface area contributed by atoms with Crippen molar-refractivity contribution in [2.75, 3.05) is 7.11 Å². The van der Waals surface area contributed by atoms with Crippen LogP contribution in [0.2, 0.25) is 5.02 Å². The van der Waals surface area contributed by atoms with E-state index < -0.39 is 5.38 Å². The van der Waals surface area contributed by atoms with Crippen LogP contribution >= 0.6 is 23.2 Å². The molecule has 0 spiro atoms. The van der Waals surface area contributed by atoms with E-state index in [1.165, 1.54) is 13.2 Å². The van der Waals surface area contributed by atoms with Crippen molar-refractivity contribution in [1.82, 2.24) is 0 Å². The molecule has 1 atom stereocenters. The van der Waals surface area contributed by atoms with Gasteiger partial charge >= 0.3 is 0 Å². The van der Waals surface area contributed by atoms with Crippen LogP contribution in [0.15, 0.2) is 42.5 Å². The van der Waals surface area contributed by atoms with Gasteiger partial charge in [0.05, 0.1) is 12.5 Å². The molecule has 2 aromatic rings. The summed E-state index contributed by atoms with van der Waals surface area (Å²) in [6, 6.07) is 12.1. The van der Waals surface area contributed by atoms with Gasteiger partial charge in [0.1, 0.15) is 11.6 Å². The molecule has 0 aliphatic rings. The standard InChI is InChI=1S/C15H13Cl2FO/c1-19-11-6-7-12(15(18)9-11)14(17)8-10-4-2-3-5-13(10)16/h2-7,9,14H,8H2,1H3. The third kappa shape index (κ3) is 3.40. The first-order valence-electron chi connectivity index (χ1n) is 5.82. The maximum atomic E-state index is 13.9. The summed E-state index contributed by atoms with van der Waals surface area (Å²) >= 11 is 12.3. The number of methoxy groups -OCH3 is 1. The minimum atomic E-state index is -0.467. The molecule has 2 aromatic carbocycles. The summed E-state index contributed by atoms with van der Waals surface area (Å²) in [5.41, 5.74) is 1.35. The number of alkyl halides is 1. The zero-order valence-electron chi connectivity index (χ0n) is 10.4. The lowest BCUT2D eigenvalue weighted by molar-refractivity contribution is 0.410. The van der Waals surface area contributed by atoms with E-state index in [-0.39, 0.29) is 5.82 Å². The van der Waals surface area contributed by atoms with Gasteiger partial charge in [0.25, 0.3) is 0 Å². The molecule has 0 N–H and O–H groups in total. The number of rotatable bonds is 4. The first-order chi connectivity index (χ1) is 9.11. The Labute approximate surface area is 121 Å². The largest absolute Gasteiger partial charge is 0.497 e. The summed E-state index contributed by atoms with van der Waals surface area (Å²) in [6.07, 6.45) is 0.477. The minimum absolute atomic E-state index is 0.369. The van der Waals surface area contributed by atoms with Crippen LogP contribution in [0.1, 0.15) is 16.5 Å². The molecule has 1 nitrogen and oxygen atoms in total. The second-order valence-electron chi connectivity index (χ2n) is 4.15. The lowest BCUT2D eigenvalue weighted by Gasteiger charge is -2.13. The van der Waals surface area contributed by atoms with Gasteiger partial charge in [-0.25, -0.2) is 4.39 Å². The first kappa shape index (κ1) is 14.2. The fourth-order valence-electron chi connectivity index (χ4n) is 1.86. The van der Waals surface area contributed by atoms with Crippen molar-refractivity contribution in [3.8, 4) is 5.75 Å². The van der Waals surface area contributed by atoms with Crippen molar-refractivity contribution in [2.45, 2.75) is 11.8 Å². The summed E-state index contributed by atoms with van der Waals surface area (Å²) in [6.45, 7) is 0. The lowest BCUT2D eigenvalue weighted by Crippen LogP contribution is -2.00. The monoisotopic (exact) mass is 298 g/mol. The van der Waals surface area contributed by atoms with Crippen LogP contribution in [-0.4, -0.2) is 7.11 Å². The fourth-order valence-corrected chi connectivity index (χ4v) is 2.41. The van der Waals surface area contributed by atoms with Crippen LogP contribution in [0.5, 0.6) is 5.75 Å². The minimum Gasteiger partial charge on any atom is -0.497 e. The van der Waals surface area contributed by atoms with E-state index in [9.17, 15) is 4.39 Å². The van der Waals surface area contributed by atoms with E-state index in [1.54, 1.807) is 18.2 Å². The molecule has 2 rings (SSSR count). The molecule has 4 heteroatoms. The molecule has 0 radical (unpaired) electrons. The predicted molar refractivity (Wildman–Crippen MR) is 76.7 cm³/mol. The van der Waals surface area contributed by atoms with E-state index in [1.807, 2.05) is 18.2 Å². The van der Waals surface area contributed by atoms with Crippen molar-refractivity contribution in [2.24, 2.45) is 0 Å². The van der Waals surface area contributed by atoms with E-state index in [0.29, 0.717) is 22.8 Å². The van der Waals surface area contributed by atoms with Crippen molar-refractivity contribution in [3.63, 3.8) is 0 Å². The van der Waals surface area contributed by atoms with E-state index in [2.05, 4.69) is 0 Å². The van der Waals surface area contributed by atoms with Crippen molar-refractivity contribution in [1.29, 1.82) is 0 Å². The SMILES string of the molecule is COc1ccc(C(Cl)Cc2ccccc2Cl)c(F)c1. The smallest absolute Gasteiger partial charge is 0.131 e. The molecule has 0 heterocycles. The third-order valence-electron chi connectivity index (χ3n) is 2.90. The maximum absolute atomic E-state index is 13.9. The highest BCUT2D eigenvalue weighted by Crippen LogP contribution is 2.31. The van der Waals surface area contributed by atoms with Gasteiger partial charge in [-0.05, 0) is 24.1 Å². The number of hydrogen-bond acceptors (Lipinski definition) is 1. The van der Waals surface area contributed by atoms with Crippen molar-refractivity contribution in [3.05, 3.63) is 64.4 Å². The maximum Gasteiger partial charge on any atom is 0.131 e. The topological polar surface area (TPSA) is 9.23 Å². The average molecular weight is 299 g/mol. The molecule has 0 saturated heterocycles. The zero-order valence-corrected chi connectivity index (χ0v) is 11.9. The van der Waals surface area contributed by atoms with Gasteiger partial charge in [0.2, 0.25) is 0 Å². The van der Waals surface area contributed by atoms with Gasteiger partial charge in [-0.1, -0.05) is 35.9 Å². The third-order valence-corrected chi connectivity index (χ3v) is 3.66. The van der Waals surface area contributed by atoms with Crippen LogP contribution in [-0.2, 0) is 6.42 Å². The molecule has 0 aromatic heterocycles. The van der Waals surface area contributed by atoms with Crippen LogP contribution in [0.4, 0.5) is 4.39 Å². The Kier molecular flexibility index (Phi) is 4.67. The zero-order chi connectivity index (χ0) is 13.8. The second kappa shape index (κ2) is 6.27. The van der Waals surface area contributed by atoms with Gasteiger partial charge in [-0.3, -0.25) is 0 Å². The Bertz CT molecular complexity index is 572. The lowest BCUT2D eigenvalue weighted by atomic mass is 10.0. The number of hydrogen-bond donors (Lipinski definition) is 0. The predicted octanol–water partition coefficient (Wildman–Crippen LogP) is 5.01. The van der Waals surface area contributed by atoms with E-state index in [4.69, 9.17) is 27.9 Å². The van der Waals surface area contributed by atoms with Gasteiger partial charge in [0, 0.05) is 16.7 Å². The van der Waals surface area contributed by atoms with Crippen LogP contribution in [0.25, 0.3) is 0 Å². The van der Waals surface area contributed by atoms with E-state index in [0.717, 1.165) is 5.56 Å². The molecule has 1 unspecified atom stereocenters. The Hall–Kier alpha value is -1.25. The Morgan fingerprint density at radius 2 is 1.95 bits per heavy atom. The van der Waals surface area contributed by atoms with Gasteiger partial charge in [-0.2, -0.15) is 0 Å². The summed E-state index contributed by atoms with van der Waals surface area (Å²) in [7, 11) is 1.50. The average Bonchev–Trinajstić information content (AvgIpc) is 2.41. The van der Waals surface area contributed by atoms with Crippen LogP contribution < -0.4 is 4.74 Å². The highest BCUT2D eigenvalue weighted by atomic mass is 35.5. The van der Waals surface area contributed by atoms with Crippen LogP contribution in [0, 0.1) is 5.82 Å². The molecular weight excluding hydrogens is 286 g/mol. The summed E-state index contributed by atoms with van der Waals surface area (Å²) in [4.78, 5) is 0. The first-order valence-corrected chi connectivity index (χ1v) is 6.64. The van der Waals surface area contributed by atoms with Gasteiger partial charge in [0.15, 0.2) is 0 Å². The Balaban J connectivity index is 2.21. The highest BCUT2D eigenvalue weighted by molar-refractivity contribution is 6.31. The molecule has 0 aliphatic heterocycles. The van der Waals surface area contributed by atoms with Crippen LogP contribution in [0.3, 0.4) is 0 Å². The summed E-state index contributed by atoms with van der Waals surface area (Å²) in [5.74, 6) is 0.106. The second-order valence-corrected chi connectivity index (χ2v) is 5.08. The molecule has 0 saturated carbocycles. The normalized spacial score (nSPS) is 12.2. The quantitative estimate of drug-likeness (QED) is 0.721. The molecule has 0 amide bonds. The molecular formula is C15H13Cl2FO. The summed E-state index contributed by atoms with van der Waals surface area (Å²) < 4.78 is 18.9. The number of benzene rings is 2. The van der Waals surface area contributed by atoms with Gasteiger partial charge < -0.3 is 4.74 Å². The molecule has 19 heavy (non-hydrogen) atoms. The van der Waals surface area contributed by atoms with Crippen molar-refractivity contribution < 1.29 is 9.13 Å². The molecule has 0 aliphatic carbocycles.